The summed E-state index contributed by atoms with van der Waals surface area (Å²) in [5, 5.41) is 13.9. The summed E-state index contributed by atoms with van der Waals surface area (Å²) in [5.41, 5.74) is 1.16. The van der Waals surface area contributed by atoms with Crippen molar-refractivity contribution in [1.29, 1.82) is 0 Å². The average molecular weight is 485 g/mol. The molecule has 9 nitrogen and oxygen atoms in total. The van der Waals surface area contributed by atoms with Gasteiger partial charge in [0.25, 0.3) is 11.6 Å². The van der Waals surface area contributed by atoms with E-state index in [0.29, 0.717) is 6.54 Å². The van der Waals surface area contributed by atoms with Gasteiger partial charge in [0.15, 0.2) is 0 Å². The molecule has 3 aromatic rings. The second-order valence-electron chi connectivity index (χ2n) is 7.88. The molecule has 1 aliphatic heterocycles. The number of hydrogen-bond acceptors (Lipinski definition) is 7. The summed E-state index contributed by atoms with van der Waals surface area (Å²) >= 11 is 6.12. The van der Waals surface area contributed by atoms with Crippen molar-refractivity contribution in [2.24, 2.45) is 0 Å². The van der Waals surface area contributed by atoms with Gasteiger partial charge in [-0.15, -0.1) is 0 Å². The fourth-order valence-electron chi connectivity index (χ4n) is 4.06. The number of amides is 1. The highest BCUT2D eigenvalue weighted by atomic mass is 35.5. The molecule has 1 aromatic heterocycles. The number of carbonyl (C=O) groups excluding carboxylic acids is 1. The highest BCUT2D eigenvalue weighted by Crippen LogP contribution is 2.26. The van der Waals surface area contributed by atoms with Crippen LogP contribution in [-0.4, -0.2) is 55.6 Å². The average Bonchev–Trinajstić information content (AvgIpc) is 3.39. The Bertz CT molecular complexity index is 1130. The number of furan rings is 1. The van der Waals surface area contributed by atoms with Crippen molar-refractivity contribution in [2.75, 3.05) is 44.7 Å². The largest absolute Gasteiger partial charge is 0.497 e. The zero-order valence-electron chi connectivity index (χ0n) is 18.6. The molecule has 1 saturated heterocycles. The summed E-state index contributed by atoms with van der Waals surface area (Å²) in [6.45, 7) is 3.52. The van der Waals surface area contributed by atoms with E-state index in [1.54, 1.807) is 13.4 Å². The van der Waals surface area contributed by atoms with Crippen molar-refractivity contribution in [3.63, 3.8) is 0 Å². The highest BCUT2D eigenvalue weighted by molar-refractivity contribution is 6.34. The molecule has 1 atom stereocenters. The van der Waals surface area contributed by atoms with Gasteiger partial charge in [0.2, 0.25) is 0 Å². The normalized spacial score (nSPS) is 15.1. The third kappa shape index (κ3) is 5.32. The van der Waals surface area contributed by atoms with Crippen LogP contribution in [0.25, 0.3) is 0 Å². The molecule has 1 unspecified atom stereocenters. The van der Waals surface area contributed by atoms with E-state index < -0.39 is 10.8 Å². The number of anilines is 1. The third-order valence-corrected chi connectivity index (χ3v) is 6.24. The predicted octanol–water partition coefficient (Wildman–Crippen LogP) is 4.14. The van der Waals surface area contributed by atoms with Gasteiger partial charge in [0.05, 0.1) is 34.9 Å². The van der Waals surface area contributed by atoms with E-state index in [0.717, 1.165) is 43.4 Å². The number of nitro benzene ring substituents is 1. The molecule has 0 bridgehead atoms. The molecule has 10 heteroatoms. The number of nitrogens with one attached hydrogen (secondary N) is 1. The maximum absolute atomic E-state index is 12.8. The quantitative estimate of drug-likeness (QED) is 0.378. The Hall–Kier alpha value is -3.56. The second-order valence-corrected chi connectivity index (χ2v) is 8.29. The summed E-state index contributed by atoms with van der Waals surface area (Å²) in [4.78, 5) is 27.7. The number of halogens is 1. The first-order valence-electron chi connectivity index (χ1n) is 10.8. The number of benzene rings is 2. The van der Waals surface area contributed by atoms with Crippen LogP contribution in [0.5, 0.6) is 5.75 Å². The van der Waals surface area contributed by atoms with Crippen molar-refractivity contribution < 1.29 is 18.9 Å². The molecule has 4 rings (SSSR count). The van der Waals surface area contributed by atoms with Crippen LogP contribution in [0.15, 0.2) is 65.3 Å². The van der Waals surface area contributed by atoms with Gasteiger partial charge in [-0.3, -0.25) is 19.8 Å². The standard InChI is InChI=1S/C24H25ClN4O5/c1-33-19-7-4-17(5-8-19)27-10-12-28(13-11-27)22(23-3-2-14-34-23)16-26-24(30)20-9-6-18(29(31)32)15-21(20)25/h2-9,14-15,22H,10-13,16H2,1H3,(H,26,30). The molecule has 0 aliphatic carbocycles. The van der Waals surface area contributed by atoms with Crippen LogP contribution >= 0.6 is 11.6 Å². The van der Waals surface area contributed by atoms with Crippen molar-refractivity contribution in [3.8, 4) is 5.75 Å². The van der Waals surface area contributed by atoms with Gasteiger partial charge in [0.1, 0.15) is 11.5 Å². The number of hydrogen-bond donors (Lipinski definition) is 1. The van der Waals surface area contributed by atoms with Crippen LogP contribution in [0.4, 0.5) is 11.4 Å². The minimum absolute atomic E-state index is 0.0364. The van der Waals surface area contributed by atoms with Crippen LogP contribution in [0, 0.1) is 10.1 Å². The van der Waals surface area contributed by atoms with Crippen molar-refractivity contribution in [2.45, 2.75) is 6.04 Å². The highest BCUT2D eigenvalue weighted by Gasteiger charge is 2.28. The molecule has 2 aromatic carbocycles. The van der Waals surface area contributed by atoms with Gasteiger partial charge in [-0.25, -0.2) is 0 Å². The fourth-order valence-corrected chi connectivity index (χ4v) is 4.32. The Kier molecular flexibility index (Phi) is 7.34. The van der Waals surface area contributed by atoms with Crippen molar-refractivity contribution in [1.82, 2.24) is 10.2 Å². The number of rotatable bonds is 8. The lowest BCUT2D eigenvalue weighted by Gasteiger charge is -2.39. The summed E-state index contributed by atoms with van der Waals surface area (Å²) in [7, 11) is 1.65. The van der Waals surface area contributed by atoms with E-state index in [-0.39, 0.29) is 22.3 Å². The lowest BCUT2D eigenvalue weighted by molar-refractivity contribution is -0.384. The van der Waals surface area contributed by atoms with Crippen molar-refractivity contribution >= 4 is 28.9 Å². The van der Waals surface area contributed by atoms with E-state index in [1.807, 2.05) is 36.4 Å². The summed E-state index contributed by atoms with van der Waals surface area (Å²) in [6, 6.07) is 15.4. The number of nitrogens with zero attached hydrogens (tertiary/aromatic N) is 3. The summed E-state index contributed by atoms with van der Waals surface area (Å²) < 4.78 is 10.9. The Morgan fingerprint density at radius 3 is 2.50 bits per heavy atom. The van der Waals surface area contributed by atoms with Crippen LogP contribution in [0.2, 0.25) is 5.02 Å². The molecule has 0 radical (unpaired) electrons. The predicted molar refractivity (Wildman–Crippen MR) is 129 cm³/mol. The number of ether oxygens (including phenoxy) is 1. The number of non-ortho nitro benzene ring substituents is 1. The Balaban J connectivity index is 1.41. The van der Waals surface area contributed by atoms with E-state index in [4.69, 9.17) is 20.8 Å². The van der Waals surface area contributed by atoms with Crippen LogP contribution < -0.4 is 15.0 Å². The van der Waals surface area contributed by atoms with E-state index >= 15 is 0 Å². The molecule has 1 fully saturated rings. The lowest BCUT2D eigenvalue weighted by atomic mass is 10.1. The second kappa shape index (κ2) is 10.6. The molecule has 178 valence electrons. The molecule has 1 amide bonds. The fraction of sp³-hybridized carbons (Fsp3) is 0.292. The van der Waals surface area contributed by atoms with Gasteiger partial charge < -0.3 is 19.4 Å². The maximum Gasteiger partial charge on any atom is 0.270 e. The van der Waals surface area contributed by atoms with Gasteiger partial charge in [-0.2, -0.15) is 0 Å². The Labute approximate surface area is 202 Å². The van der Waals surface area contributed by atoms with Crippen LogP contribution in [-0.2, 0) is 0 Å². The molecule has 0 saturated carbocycles. The topological polar surface area (TPSA) is 101 Å². The number of piperazine rings is 1. The number of methoxy groups -OCH3 is 1. The lowest BCUT2D eigenvalue weighted by Crippen LogP contribution is -2.49. The minimum Gasteiger partial charge on any atom is -0.497 e. The maximum atomic E-state index is 12.8. The SMILES string of the molecule is COc1ccc(N2CCN(C(CNC(=O)c3ccc([N+](=O)[O-])cc3Cl)c3ccco3)CC2)cc1. The van der Waals surface area contributed by atoms with E-state index in [2.05, 4.69) is 15.1 Å². The monoisotopic (exact) mass is 484 g/mol. The first kappa shape index (κ1) is 23.6. The molecule has 1 N–H and O–H groups in total. The van der Waals surface area contributed by atoms with Gasteiger partial charge in [0, 0.05) is 50.5 Å². The molecular formula is C24H25ClN4O5. The van der Waals surface area contributed by atoms with E-state index in [1.165, 1.54) is 18.2 Å². The zero-order valence-corrected chi connectivity index (χ0v) is 19.4. The Morgan fingerprint density at radius 2 is 1.91 bits per heavy atom. The van der Waals surface area contributed by atoms with Crippen LogP contribution in [0.1, 0.15) is 22.2 Å². The molecular weight excluding hydrogens is 460 g/mol. The zero-order chi connectivity index (χ0) is 24.1. The number of carbonyl (C=O) groups is 1. The first-order valence-corrected chi connectivity index (χ1v) is 11.2. The van der Waals surface area contributed by atoms with E-state index in [9.17, 15) is 14.9 Å². The minimum atomic E-state index is -0.550. The summed E-state index contributed by atoms with van der Waals surface area (Å²) in [6.07, 6.45) is 1.62. The van der Waals surface area contributed by atoms with Crippen molar-refractivity contribution in [3.05, 3.63) is 87.3 Å². The molecule has 2 heterocycles. The van der Waals surface area contributed by atoms with Crippen LogP contribution in [0.3, 0.4) is 0 Å². The van der Waals surface area contributed by atoms with Gasteiger partial charge in [-0.1, -0.05) is 11.6 Å². The summed E-state index contributed by atoms with van der Waals surface area (Å²) in [5.74, 6) is 1.19. The third-order valence-electron chi connectivity index (χ3n) is 5.93. The first-order chi connectivity index (χ1) is 16.5. The van der Waals surface area contributed by atoms with Gasteiger partial charge in [-0.05, 0) is 42.5 Å². The smallest absolute Gasteiger partial charge is 0.270 e. The molecule has 1 aliphatic rings. The Morgan fingerprint density at radius 1 is 1.18 bits per heavy atom. The number of nitro groups is 1. The van der Waals surface area contributed by atoms with Gasteiger partial charge >= 0.3 is 0 Å². The molecule has 34 heavy (non-hydrogen) atoms. The molecule has 0 spiro atoms.